The minimum Gasteiger partial charge on any atom is -0.493 e. The van der Waals surface area contributed by atoms with Crippen LogP contribution in [0, 0.1) is 6.92 Å². The molecule has 0 saturated carbocycles. The van der Waals surface area contributed by atoms with Crippen LogP contribution in [0.5, 0.6) is 11.5 Å². The molecule has 3 rings (SSSR count). The van der Waals surface area contributed by atoms with Crippen molar-refractivity contribution in [3.05, 3.63) is 85.3 Å². The van der Waals surface area contributed by atoms with Crippen molar-refractivity contribution >= 4 is 55.4 Å². The first-order valence-electron chi connectivity index (χ1n) is 8.51. The van der Waals surface area contributed by atoms with Crippen molar-refractivity contribution in [2.24, 2.45) is 4.99 Å². The second-order valence-corrected chi connectivity index (χ2v) is 8.34. The number of halogens is 3. The Bertz CT molecular complexity index is 1000. The van der Waals surface area contributed by atoms with Crippen LogP contribution in [0.4, 0.5) is 5.69 Å². The second kappa shape index (κ2) is 9.59. The van der Waals surface area contributed by atoms with Gasteiger partial charge in [-0.05, 0) is 75.9 Å². The summed E-state index contributed by atoms with van der Waals surface area (Å²) in [5.74, 6) is 1.29. The highest BCUT2D eigenvalue weighted by atomic mass is 79.9. The average molecular weight is 524 g/mol. The highest BCUT2D eigenvalue weighted by molar-refractivity contribution is 9.10. The Labute approximate surface area is 186 Å². The van der Waals surface area contributed by atoms with Gasteiger partial charge in [0.2, 0.25) is 0 Å². The lowest BCUT2D eigenvalue weighted by Crippen LogP contribution is -1.99. The zero-order valence-corrected chi connectivity index (χ0v) is 19.3. The molecule has 0 aliphatic carbocycles. The summed E-state index contributed by atoms with van der Waals surface area (Å²) >= 11 is 13.1. The molecule has 0 bridgehead atoms. The Morgan fingerprint density at radius 1 is 1.04 bits per heavy atom. The fourth-order valence-corrected chi connectivity index (χ4v) is 3.56. The fourth-order valence-electron chi connectivity index (χ4n) is 2.56. The molecular weight excluding hydrogens is 506 g/mol. The summed E-state index contributed by atoms with van der Waals surface area (Å²) in [6, 6.07) is 17.5. The SMILES string of the molecule is COc1cc(C=Nc2cc(Cl)ccc2C)cc(Br)c1OCc1ccc(Br)cc1. The predicted octanol–water partition coefficient (Wildman–Crippen LogP) is 7.51. The molecule has 0 saturated heterocycles. The minimum atomic E-state index is 0.442. The Hall–Kier alpha value is -1.82. The lowest BCUT2D eigenvalue weighted by Gasteiger charge is -2.13. The van der Waals surface area contributed by atoms with E-state index in [2.05, 4.69) is 36.9 Å². The van der Waals surface area contributed by atoms with E-state index in [9.17, 15) is 0 Å². The van der Waals surface area contributed by atoms with E-state index in [1.807, 2.05) is 61.5 Å². The summed E-state index contributed by atoms with van der Waals surface area (Å²) in [5, 5.41) is 0.660. The average Bonchev–Trinajstić information content (AvgIpc) is 2.68. The van der Waals surface area contributed by atoms with Gasteiger partial charge in [0, 0.05) is 15.7 Å². The molecule has 0 unspecified atom stereocenters. The molecule has 0 spiro atoms. The van der Waals surface area contributed by atoms with Crippen LogP contribution < -0.4 is 9.47 Å². The number of aryl methyl sites for hydroxylation is 1. The van der Waals surface area contributed by atoms with E-state index in [4.69, 9.17) is 21.1 Å². The van der Waals surface area contributed by atoms with Crippen molar-refractivity contribution in [1.29, 1.82) is 0 Å². The highest BCUT2D eigenvalue weighted by Crippen LogP contribution is 2.37. The molecule has 3 nitrogen and oxygen atoms in total. The van der Waals surface area contributed by atoms with Crippen LogP contribution in [0.1, 0.15) is 16.7 Å². The molecule has 3 aromatic carbocycles. The van der Waals surface area contributed by atoms with Gasteiger partial charge in [-0.1, -0.05) is 45.7 Å². The lowest BCUT2D eigenvalue weighted by molar-refractivity contribution is 0.282. The number of rotatable bonds is 6. The number of aliphatic imine (C=N–C) groups is 1. The van der Waals surface area contributed by atoms with Gasteiger partial charge in [-0.2, -0.15) is 0 Å². The third-order valence-electron chi connectivity index (χ3n) is 4.07. The molecule has 0 atom stereocenters. The summed E-state index contributed by atoms with van der Waals surface area (Å²) in [6.45, 7) is 2.44. The largest absolute Gasteiger partial charge is 0.493 e. The lowest BCUT2D eigenvalue weighted by atomic mass is 10.2. The molecule has 6 heteroatoms. The molecule has 3 aromatic rings. The second-order valence-electron chi connectivity index (χ2n) is 6.14. The van der Waals surface area contributed by atoms with Crippen molar-refractivity contribution < 1.29 is 9.47 Å². The van der Waals surface area contributed by atoms with Crippen LogP contribution in [0.3, 0.4) is 0 Å². The molecule has 0 aromatic heterocycles. The summed E-state index contributed by atoms with van der Waals surface area (Å²) in [6.07, 6.45) is 1.78. The Kier molecular flexibility index (Phi) is 7.16. The van der Waals surface area contributed by atoms with Crippen molar-refractivity contribution in [1.82, 2.24) is 0 Å². The van der Waals surface area contributed by atoms with Gasteiger partial charge in [-0.3, -0.25) is 4.99 Å². The van der Waals surface area contributed by atoms with E-state index in [-0.39, 0.29) is 0 Å². The van der Waals surface area contributed by atoms with Crippen molar-refractivity contribution in [2.75, 3.05) is 7.11 Å². The number of ether oxygens (including phenoxy) is 2. The topological polar surface area (TPSA) is 30.8 Å². The first-order valence-corrected chi connectivity index (χ1v) is 10.5. The third kappa shape index (κ3) is 5.37. The third-order valence-corrected chi connectivity index (χ3v) is 5.42. The van der Waals surface area contributed by atoms with Crippen molar-refractivity contribution in [3.63, 3.8) is 0 Å². The molecule has 0 aliphatic heterocycles. The molecule has 0 fully saturated rings. The van der Waals surface area contributed by atoms with Crippen molar-refractivity contribution in [2.45, 2.75) is 13.5 Å². The van der Waals surface area contributed by atoms with Gasteiger partial charge in [0.15, 0.2) is 11.5 Å². The van der Waals surface area contributed by atoms with Gasteiger partial charge >= 0.3 is 0 Å². The first-order chi connectivity index (χ1) is 13.5. The number of nitrogens with zero attached hydrogens (tertiary/aromatic N) is 1. The summed E-state index contributed by atoms with van der Waals surface area (Å²) in [5.41, 5.74) is 3.85. The smallest absolute Gasteiger partial charge is 0.175 e. The van der Waals surface area contributed by atoms with E-state index < -0.39 is 0 Å². The van der Waals surface area contributed by atoms with Crippen LogP contribution in [-0.4, -0.2) is 13.3 Å². The summed E-state index contributed by atoms with van der Waals surface area (Å²) in [7, 11) is 1.62. The Morgan fingerprint density at radius 3 is 2.50 bits per heavy atom. The molecule has 0 amide bonds. The van der Waals surface area contributed by atoms with Crippen LogP contribution in [0.15, 0.2) is 68.5 Å². The molecule has 0 radical (unpaired) electrons. The normalized spacial score (nSPS) is 11.0. The molecule has 28 heavy (non-hydrogen) atoms. The van der Waals surface area contributed by atoms with Crippen LogP contribution in [0.25, 0.3) is 0 Å². The quantitative estimate of drug-likeness (QED) is 0.313. The van der Waals surface area contributed by atoms with E-state index in [0.29, 0.717) is 23.1 Å². The molecule has 0 aliphatic rings. The molecule has 0 N–H and O–H groups in total. The van der Waals surface area contributed by atoms with Crippen molar-refractivity contribution in [3.8, 4) is 11.5 Å². The number of hydrogen-bond acceptors (Lipinski definition) is 3. The van der Waals surface area contributed by atoms with Gasteiger partial charge in [0.05, 0.1) is 17.3 Å². The predicted molar refractivity (Wildman–Crippen MR) is 123 cm³/mol. The van der Waals surface area contributed by atoms with Crippen LogP contribution in [0.2, 0.25) is 5.02 Å². The maximum absolute atomic E-state index is 6.07. The minimum absolute atomic E-state index is 0.442. The van der Waals surface area contributed by atoms with Gasteiger partial charge in [-0.15, -0.1) is 0 Å². The zero-order chi connectivity index (χ0) is 20.1. The van der Waals surface area contributed by atoms with E-state index in [0.717, 1.165) is 31.3 Å². The Balaban J connectivity index is 1.81. The summed E-state index contributed by atoms with van der Waals surface area (Å²) in [4.78, 5) is 4.55. The van der Waals surface area contributed by atoms with E-state index in [1.165, 1.54) is 0 Å². The van der Waals surface area contributed by atoms with Crippen LogP contribution in [-0.2, 0) is 6.61 Å². The maximum Gasteiger partial charge on any atom is 0.175 e. The number of hydrogen-bond donors (Lipinski definition) is 0. The van der Waals surface area contributed by atoms with Gasteiger partial charge in [-0.25, -0.2) is 0 Å². The standard InChI is InChI=1S/C22H18Br2ClNO2/c1-14-3-8-18(25)11-20(14)26-12-16-9-19(24)22(21(10-16)27-2)28-13-15-4-6-17(23)7-5-15/h3-12H,13H2,1-2H3. The monoisotopic (exact) mass is 521 g/mol. The molecule has 144 valence electrons. The van der Waals surface area contributed by atoms with Gasteiger partial charge in [0.25, 0.3) is 0 Å². The van der Waals surface area contributed by atoms with E-state index in [1.54, 1.807) is 13.3 Å². The zero-order valence-electron chi connectivity index (χ0n) is 15.4. The number of benzene rings is 3. The fraction of sp³-hybridized carbons (Fsp3) is 0.136. The Morgan fingerprint density at radius 2 is 1.79 bits per heavy atom. The summed E-state index contributed by atoms with van der Waals surface area (Å²) < 4.78 is 13.3. The first kappa shape index (κ1) is 20.9. The molecular formula is C22H18Br2ClNO2. The maximum atomic E-state index is 6.07. The van der Waals surface area contributed by atoms with Gasteiger partial charge in [0.1, 0.15) is 6.61 Å². The van der Waals surface area contributed by atoms with Crippen LogP contribution >= 0.6 is 43.5 Å². The van der Waals surface area contributed by atoms with Gasteiger partial charge < -0.3 is 9.47 Å². The van der Waals surface area contributed by atoms with E-state index >= 15 is 0 Å². The molecule has 0 heterocycles. The highest BCUT2D eigenvalue weighted by Gasteiger charge is 2.12. The number of methoxy groups -OCH3 is 1.